The van der Waals surface area contributed by atoms with Crippen LogP contribution in [0.25, 0.3) is 22.4 Å². The minimum absolute atomic E-state index is 0.119. The van der Waals surface area contributed by atoms with Crippen molar-refractivity contribution in [3.63, 3.8) is 0 Å². The molecule has 1 saturated carbocycles. The summed E-state index contributed by atoms with van der Waals surface area (Å²) in [5.74, 6) is 0.912. The maximum absolute atomic E-state index is 12.4. The van der Waals surface area contributed by atoms with Gasteiger partial charge in [-0.15, -0.1) is 10.2 Å². The van der Waals surface area contributed by atoms with Gasteiger partial charge in [-0.1, -0.05) is 49.2 Å². The standard InChI is InChI=1S/C19H22N4O2S/c1-23(13-7-3-2-4-8-13)17(24)12-26-19-22-21-18(25-19)15-11-20-16-10-6-5-9-14(15)16/h5-6,9-11,13,20H,2-4,7-8,12H2,1H3. The smallest absolute Gasteiger partial charge is 0.277 e. The minimum atomic E-state index is 0.119. The Bertz CT molecular complexity index is 898. The monoisotopic (exact) mass is 370 g/mol. The quantitative estimate of drug-likeness (QED) is 0.684. The highest BCUT2D eigenvalue weighted by Crippen LogP contribution is 2.29. The number of thioether (sulfide) groups is 1. The van der Waals surface area contributed by atoms with Crippen LogP contribution in [-0.2, 0) is 4.79 Å². The van der Waals surface area contributed by atoms with Crippen LogP contribution in [-0.4, -0.2) is 44.8 Å². The molecule has 1 amide bonds. The van der Waals surface area contributed by atoms with Crippen LogP contribution in [0, 0.1) is 0 Å². The largest absolute Gasteiger partial charge is 0.411 e. The summed E-state index contributed by atoms with van der Waals surface area (Å²) in [6.45, 7) is 0. The van der Waals surface area contributed by atoms with Gasteiger partial charge in [-0.2, -0.15) is 0 Å². The summed E-state index contributed by atoms with van der Waals surface area (Å²) in [6, 6.07) is 8.35. The van der Waals surface area contributed by atoms with Crippen LogP contribution in [0.4, 0.5) is 0 Å². The minimum Gasteiger partial charge on any atom is -0.411 e. The van der Waals surface area contributed by atoms with E-state index in [2.05, 4.69) is 15.2 Å². The zero-order valence-corrected chi connectivity index (χ0v) is 15.6. The lowest BCUT2D eigenvalue weighted by molar-refractivity contribution is -0.129. The summed E-state index contributed by atoms with van der Waals surface area (Å²) >= 11 is 1.30. The number of amides is 1. The Hall–Kier alpha value is -2.28. The number of carbonyl (C=O) groups is 1. The van der Waals surface area contributed by atoms with Crippen molar-refractivity contribution >= 4 is 28.6 Å². The fourth-order valence-electron chi connectivity index (χ4n) is 3.52. The van der Waals surface area contributed by atoms with Crippen molar-refractivity contribution < 1.29 is 9.21 Å². The zero-order chi connectivity index (χ0) is 17.9. The van der Waals surface area contributed by atoms with Crippen molar-refractivity contribution in [1.82, 2.24) is 20.1 Å². The molecule has 4 rings (SSSR count). The molecule has 0 saturated heterocycles. The summed E-state index contributed by atoms with van der Waals surface area (Å²) in [6.07, 6.45) is 7.80. The second-order valence-corrected chi connectivity index (χ2v) is 7.63. The molecule has 1 aliphatic carbocycles. The normalized spacial score (nSPS) is 15.4. The number of hydrogen-bond donors (Lipinski definition) is 1. The van der Waals surface area contributed by atoms with Gasteiger partial charge in [0, 0.05) is 30.2 Å². The van der Waals surface area contributed by atoms with E-state index < -0.39 is 0 Å². The molecule has 0 atom stereocenters. The summed E-state index contributed by atoms with van der Waals surface area (Å²) in [5, 5.41) is 9.69. The Labute approximate surface area is 156 Å². The van der Waals surface area contributed by atoms with E-state index in [0.29, 0.717) is 22.9 Å². The van der Waals surface area contributed by atoms with Crippen LogP contribution >= 0.6 is 11.8 Å². The Morgan fingerprint density at radius 2 is 2.08 bits per heavy atom. The van der Waals surface area contributed by atoms with Crippen molar-refractivity contribution in [3.8, 4) is 11.5 Å². The van der Waals surface area contributed by atoms with Crippen LogP contribution in [0.5, 0.6) is 0 Å². The number of nitrogens with one attached hydrogen (secondary N) is 1. The van der Waals surface area contributed by atoms with Gasteiger partial charge < -0.3 is 14.3 Å². The van der Waals surface area contributed by atoms with Gasteiger partial charge in [0.2, 0.25) is 5.91 Å². The second-order valence-electron chi connectivity index (χ2n) is 6.71. The molecule has 0 aliphatic heterocycles. The van der Waals surface area contributed by atoms with Crippen molar-refractivity contribution in [2.24, 2.45) is 0 Å². The van der Waals surface area contributed by atoms with E-state index in [1.165, 1.54) is 31.0 Å². The number of nitrogens with zero attached hydrogens (tertiary/aromatic N) is 3. The van der Waals surface area contributed by atoms with Gasteiger partial charge in [-0.05, 0) is 18.9 Å². The van der Waals surface area contributed by atoms with Gasteiger partial charge >= 0.3 is 0 Å². The van der Waals surface area contributed by atoms with Crippen molar-refractivity contribution in [3.05, 3.63) is 30.5 Å². The topological polar surface area (TPSA) is 75.0 Å². The van der Waals surface area contributed by atoms with Gasteiger partial charge in [0.05, 0.1) is 11.3 Å². The number of benzene rings is 1. The first kappa shape index (κ1) is 17.1. The molecule has 1 fully saturated rings. The molecule has 7 heteroatoms. The first-order valence-corrected chi connectivity index (χ1v) is 9.99. The molecule has 3 aromatic rings. The third-order valence-electron chi connectivity index (χ3n) is 5.06. The highest BCUT2D eigenvalue weighted by atomic mass is 32.2. The molecular formula is C19H22N4O2S. The molecule has 1 N–H and O–H groups in total. The first-order valence-electron chi connectivity index (χ1n) is 9.01. The van der Waals surface area contributed by atoms with E-state index in [4.69, 9.17) is 4.42 Å². The number of aromatic nitrogens is 3. The Balaban J connectivity index is 1.40. The lowest BCUT2D eigenvalue weighted by Gasteiger charge is -2.31. The first-order chi connectivity index (χ1) is 12.7. The lowest BCUT2D eigenvalue weighted by Crippen LogP contribution is -2.39. The molecule has 0 unspecified atom stereocenters. The van der Waals surface area contributed by atoms with E-state index in [9.17, 15) is 4.79 Å². The van der Waals surface area contributed by atoms with Crippen molar-refractivity contribution in [2.75, 3.05) is 12.8 Å². The lowest BCUT2D eigenvalue weighted by atomic mass is 9.94. The molecule has 0 radical (unpaired) electrons. The van der Waals surface area contributed by atoms with Crippen LogP contribution in [0.15, 0.2) is 40.1 Å². The number of aromatic amines is 1. The molecule has 6 nitrogen and oxygen atoms in total. The highest BCUT2D eigenvalue weighted by Gasteiger charge is 2.22. The average Bonchev–Trinajstić information content (AvgIpc) is 3.32. The maximum Gasteiger partial charge on any atom is 0.277 e. The van der Waals surface area contributed by atoms with Crippen LogP contribution in [0.2, 0.25) is 0 Å². The van der Waals surface area contributed by atoms with Crippen molar-refractivity contribution in [1.29, 1.82) is 0 Å². The Morgan fingerprint density at radius 1 is 1.27 bits per heavy atom. The van der Waals surface area contributed by atoms with Crippen LogP contribution in [0.1, 0.15) is 32.1 Å². The molecule has 0 spiro atoms. The van der Waals surface area contributed by atoms with E-state index in [1.54, 1.807) is 0 Å². The predicted molar refractivity (Wildman–Crippen MR) is 102 cm³/mol. The molecule has 136 valence electrons. The Kier molecular flexibility index (Phi) is 4.97. The predicted octanol–water partition coefficient (Wildman–Crippen LogP) is 4.10. The summed E-state index contributed by atoms with van der Waals surface area (Å²) in [5.41, 5.74) is 1.91. The summed E-state index contributed by atoms with van der Waals surface area (Å²) in [7, 11) is 1.91. The Morgan fingerprint density at radius 3 is 2.92 bits per heavy atom. The summed E-state index contributed by atoms with van der Waals surface area (Å²) in [4.78, 5) is 17.5. The van der Waals surface area contributed by atoms with E-state index in [0.717, 1.165) is 29.3 Å². The molecule has 0 bridgehead atoms. The molecule has 2 aromatic heterocycles. The van der Waals surface area contributed by atoms with Crippen LogP contribution < -0.4 is 0 Å². The molecule has 1 aromatic carbocycles. The SMILES string of the molecule is CN(C(=O)CSc1nnc(-c2c[nH]c3ccccc23)o1)C1CCCCC1. The zero-order valence-electron chi connectivity index (χ0n) is 14.8. The number of hydrogen-bond acceptors (Lipinski definition) is 5. The number of para-hydroxylation sites is 1. The molecule has 2 heterocycles. The highest BCUT2D eigenvalue weighted by molar-refractivity contribution is 7.99. The van der Waals surface area contributed by atoms with E-state index in [1.807, 2.05) is 42.4 Å². The van der Waals surface area contributed by atoms with Gasteiger partial charge in [0.1, 0.15) is 0 Å². The third kappa shape index (κ3) is 3.49. The number of H-pyrrole nitrogens is 1. The van der Waals surface area contributed by atoms with Gasteiger partial charge in [0.15, 0.2) is 0 Å². The molecule has 26 heavy (non-hydrogen) atoms. The maximum atomic E-state index is 12.4. The fraction of sp³-hybridized carbons (Fsp3) is 0.421. The number of fused-ring (bicyclic) bond motifs is 1. The fourth-order valence-corrected chi connectivity index (χ4v) is 4.21. The third-order valence-corrected chi connectivity index (χ3v) is 5.86. The van der Waals surface area contributed by atoms with E-state index in [-0.39, 0.29) is 5.91 Å². The van der Waals surface area contributed by atoms with Crippen molar-refractivity contribution in [2.45, 2.75) is 43.4 Å². The van der Waals surface area contributed by atoms with Gasteiger partial charge in [-0.25, -0.2) is 0 Å². The van der Waals surface area contributed by atoms with Gasteiger partial charge in [0.25, 0.3) is 11.1 Å². The molecule has 1 aliphatic rings. The van der Waals surface area contributed by atoms with Crippen LogP contribution in [0.3, 0.4) is 0 Å². The van der Waals surface area contributed by atoms with E-state index >= 15 is 0 Å². The number of carbonyl (C=O) groups excluding carboxylic acids is 1. The average molecular weight is 370 g/mol. The number of rotatable bonds is 5. The van der Waals surface area contributed by atoms with Gasteiger partial charge in [-0.3, -0.25) is 4.79 Å². The summed E-state index contributed by atoms with van der Waals surface area (Å²) < 4.78 is 5.76. The molecular weight excluding hydrogens is 348 g/mol. The second kappa shape index (κ2) is 7.53.